The molecule has 1 aromatic carbocycles. The molecule has 2 aromatic heterocycles. The average molecular weight is 276 g/mol. The lowest BCUT2D eigenvalue weighted by Crippen LogP contribution is -1.96. The normalized spacial score (nSPS) is 10.8. The Hall–Kier alpha value is -1.65. The number of thiophene rings is 1. The highest BCUT2D eigenvalue weighted by Gasteiger charge is 2.09. The largest absolute Gasteiger partial charge is 0.372 e. The van der Waals surface area contributed by atoms with Crippen LogP contribution in [0.5, 0.6) is 0 Å². The van der Waals surface area contributed by atoms with Crippen molar-refractivity contribution in [2.45, 2.75) is 0 Å². The monoisotopic (exact) mass is 275 g/mol. The number of fused-ring (bicyclic) bond motifs is 1. The predicted molar refractivity (Wildman–Crippen MR) is 77.4 cm³/mol. The molecule has 0 aliphatic rings. The van der Waals surface area contributed by atoms with E-state index in [2.05, 4.69) is 15.3 Å². The molecule has 0 aliphatic heterocycles. The molecule has 0 bridgehead atoms. The average Bonchev–Trinajstić information content (AvgIpc) is 2.85. The zero-order chi connectivity index (χ0) is 12.5. The summed E-state index contributed by atoms with van der Waals surface area (Å²) in [6, 6.07) is 9.56. The minimum Gasteiger partial charge on any atom is -0.372 e. The number of halogens is 1. The Morgan fingerprint density at radius 1 is 1.22 bits per heavy atom. The fourth-order valence-corrected chi connectivity index (χ4v) is 2.81. The molecule has 0 spiro atoms. The molecular formula is C13H10ClN3S. The third-order valence-corrected chi connectivity index (χ3v) is 3.77. The number of nitrogens with one attached hydrogen (secondary N) is 1. The summed E-state index contributed by atoms with van der Waals surface area (Å²) >= 11 is 7.63. The second-order valence-corrected chi connectivity index (χ2v) is 5.14. The van der Waals surface area contributed by atoms with Crippen LogP contribution in [0.25, 0.3) is 21.6 Å². The third kappa shape index (κ3) is 1.94. The predicted octanol–water partition coefficient (Wildman–Crippen LogP) is 4.05. The molecule has 0 saturated heterocycles. The minimum atomic E-state index is 0.688. The highest BCUT2D eigenvalue weighted by Crippen LogP contribution is 2.29. The van der Waals surface area contributed by atoms with Crippen LogP contribution in [0.2, 0.25) is 5.02 Å². The summed E-state index contributed by atoms with van der Waals surface area (Å²) in [5.74, 6) is 1.54. The van der Waals surface area contributed by atoms with Crippen LogP contribution in [0.3, 0.4) is 0 Å². The summed E-state index contributed by atoms with van der Waals surface area (Å²) in [5, 5.41) is 5.81. The Morgan fingerprint density at radius 2 is 2.11 bits per heavy atom. The van der Waals surface area contributed by atoms with Crippen molar-refractivity contribution >= 4 is 39.0 Å². The van der Waals surface area contributed by atoms with Crippen LogP contribution in [0.15, 0.2) is 35.7 Å². The highest BCUT2D eigenvalue weighted by molar-refractivity contribution is 7.17. The molecule has 1 N–H and O–H groups in total. The summed E-state index contributed by atoms with van der Waals surface area (Å²) < 4.78 is 1.07. The van der Waals surface area contributed by atoms with Gasteiger partial charge in [0.05, 0.1) is 10.2 Å². The van der Waals surface area contributed by atoms with E-state index in [9.17, 15) is 0 Å². The quantitative estimate of drug-likeness (QED) is 0.767. The summed E-state index contributed by atoms with van der Waals surface area (Å²) in [6.45, 7) is 0. The van der Waals surface area contributed by atoms with E-state index >= 15 is 0 Å². The second kappa shape index (κ2) is 4.55. The van der Waals surface area contributed by atoms with Gasteiger partial charge in [-0.2, -0.15) is 0 Å². The molecule has 0 amide bonds. The molecule has 0 fully saturated rings. The van der Waals surface area contributed by atoms with Crippen molar-refractivity contribution in [1.29, 1.82) is 0 Å². The van der Waals surface area contributed by atoms with Crippen molar-refractivity contribution in [1.82, 2.24) is 9.97 Å². The van der Waals surface area contributed by atoms with Crippen LogP contribution in [0.4, 0.5) is 5.82 Å². The van der Waals surface area contributed by atoms with Crippen molar-refractivity contribution in [3.63, 3.8) is 0 Å². The molecule has 5 heteroatoms. The molecule has 0 unspecified atom stereocenters. The second-order valence-electron chi connectivity index (χ2n) is 3.79. The minimum absolute atomic E-state index is 0.688. The maximum Gasteiger partial charge on any atom is 0.162 e. The van der Waals surface area contributed by atoms with Crippen molar-refractivity contribution in [2.75, 3.05) is 12.4 Å². The first-order valence-electron chi connectivity index (χ1n) is 5.47. The summed E-state index contributed by atoms with van der Waals surface area (Å²) in [6.07, 6.45) is 0. The molecule has 3 nitrogen and oxygen atoms in total. The smallest absolute Gasteiger partial charge is 0.162 e. The van der Waals surface area contributed by atoms with Gasteiger partial charge in [0.1, 0.15) is 5.82 Å². The van der Waals surface area contributed by atoms with Crippen LogP contribution in [-0.2, 0) is 0 Å². The van der Waals surface area contributed by atoms with Gasteiger partial charge < -0.3 is 5.32 Å². The number of benzene rings is 1. The van der Waals surface area contributed by atoms with Crippen molar-refractivity contribution in [3.05, 3.63) is 40.7 Å². The summed E-state index contributed by atoms with van der Waals surface area (Å²) in [4.78, 5) is 9.09. The van der Waals surface area contributed by atoms with E-state index in [-0.39, 0.29) is 0 Å². The van der Waals surface area contributed by atoms with Gasteiger partial charge in [-0.05, 0) is 23.6 Å². The first kappa shape index (κ1) is 11.4. The van der Waals surface area contributed by atoms with E-state index in [0.717, 1.165) is 21.6 Å². The lowest BCUT2D eigenvalue weighted by atomic mass is 10.2. The molecule has 0 radical (unpaired) electrons. The first-order chi connectivity index (χ1) is 8.78. The first-order valence-corrected chi connectivity index (χ1v) is 6.72. The number of hydrogen-bond donors (Lipinski definition) is 1. The van der Waals surface area contributed by atoms with Crippen molar-refractivity contribution in [3.8, 4) is 11.4 Å². The SMILES string of the molecule is CNc1nc(-c2cccc(Cl)c2)nc2ccsc12. The van der Waals surface area contributed by atoms with Crippen molar-refractivity contribution in [2.24, 2.45) is 0 Å². The molecule has 3 aromatic rings. The fraction of sp³-hybridized carbons (Fsp3) is 0.0769. The molecule has 18 heavy (non-hydrogen) atoms. The van der Waals surface area contributed by atoms with Crippen LogP contribution in [0.1, 0.15) is 0 Å². The number of anilines is 1. The van der Waals surface area contributed by atoms with E-state index < -0.39 is 0 Å². The van der Waals surface area contributed by atoms with Gasteiger partial charge >= 0.3 is 0 Å². The molecule has 3 rings (SSSR count). The summed E-state index contributed by atoms with van der Waals surface area (Å²) in [5.41, 5.74) is 1.88. The van der Waals surface area contributed by atoms with Crippen LogP contribution >= 0.6 is 22.9 Å². The van der Waals surface area contributed by atoms with Gasteiger partial charge in [-0.3, -0.25) is 0 Å². The Bertz CT molecular complexity index is 708. The molecule has 0 saturated carbocycles. The number of aromatic nitrogens is 2. The van der Waals surface area contributed by atoms with Crippen LogP contribution in [-0.4, -0.2) is 17.0 Å². The van der Waals surface area contributed by atoms with Crippen LogP contribution in [0, 0.1) is 0 Å². The molecular weight excluding hydrogens is 266 g/mol. The van der Waals surface area contributed by atoms with E-state index in [1.807, 2.05) is 42.8 Å². The molecule has 90 valence electrons. The molecule has 2 heterocycles. The third-order valence-electron chi connectivity index (χ3n) is 2.62. The molecule has 0 atom stereocenters. The van der Waals surface area contributed by atoms with E-state index in [4.69, 9.17) is 11.6 Å². The number of nitrogens with zero attached hydrogens (tertiary/aromatic N) is 2. The van der Waals surface area contributed by atoms with Gasteiger partial charge in [0.25, 0.3) is 0 Å². The maximum atomic E-state index is 6.00. The van der Waals surface area contributed by atoms with E-state index in [0.29, 0.717) is 10.8 Å². The zero-order valence-corrected chi connectivity index (χ0v) is 11.2. The standard InChI is InChI=1S/C13H10ClN3S/c1-15-13-11-10(5-6-18-11)16-12(17-13)8-3-2-4-9(14)7-8/h2-7H,1H3,(H,15,16,17). The maximum absolute atomic E-state index is 6.00. The van der Waals surface area contributed by atoms with Crippen LogP contribution < -0.4 is 5.32 Å². The van der Waals surface area contributed by atoms with Gasteiger partial charge in [-0.15, -0.1) is 11.3 Å². The van der Waals surface area contributed by atoms with Gasteiger partial charge in [0, 0.05) is 17.6 Å². The highest BCUT2D eigenvalue weighted by atomic mass is 35.5. The lowest BCUT2D eigenvalue weighted by molar-refractivity contribution is 1.22. The van der Waals surface area contributed by atoms with E-state index in [1.165, 1.54) is 0 Å². The Kier molecular flexibility index (Phi) is 2.89. The Balaban J connectivity index is 2.23. The molecule has 0 aliphatic carbocycles. The van der Waals surface area contributed by atoms with Gasteiger partial charge in [0.2, 0.25) is 0 Å². The lowest BCUT2D eigenvalue weighted by Gasteiger charge is -2.05. The van der Waals surface area contributed by atoms with E-state index in [1.54, 1.807) is 11.3 Å². The topological polar surface area (TPSA) is 37.8 Å². The number of rotatable bonds is 2. The number of hydrogen-bond acceptors (Lipinski definition) is 4. The fourth-order valence-electron chi connectivity index (χ4n) is 1.79. The zero-order valence-electron chi connectivity index (χ0n) is 9.64. The Labute approximate surface area is 113 Å². The van der Waals surface area contributed by atoms with Gasteiger partial charge in [0.15, 0.2) is 5.82 Å². The van der Waals surface area contributed by atoms with Gasteiger partial charge in [-0.1, -0.05) is 23.7 Å². The van der Waals surface area contributed by atoms with Crippen molar-refractivity contribution < 1.29 is 0 Å². The van der Waals surface area contributed by atoms with Gasteiger partial charge in [-0.25, -0.2) is 9.97 Å². The summed E-state index contributed by atoms with van der Waals surface area (Å²) in [7, 11) is 1.86. The Morgan fingerprint density at radius 3 is 2.89 bits per heavy atom.